The van der Waals surface area contributed by atoms with E-state index in [4.69, 9.17) is 0 Å². The number of halogens is 1. The molecule has 0 spiro atoms. The van der Waals surface area contributed by atoms with Gasteiger partial charge in [-0.25, -0.2) is 4.98 Å². The van der Waals surface area contributed by atoms with Crippen LogP contribution < -0.4 is 0 Å². The van der Waals surface area contributed by atoms with Crippen LogP contribution in [0.1, 0.15) is 0 Å². The third-order valence-corrected chi connectivity index (χ3v) is 1.62. The van der Waals surface area contributed by atoms with Gasteiger partial charge < -0.3 is 5.10 Å². The Morgan fingerprint density at radius 2 is 2.50 bits per heavy atom. The maximum absolute atomic E-state index is 4.06. The fourth-order valence-corrected chi connectivity index (χ4v) is 0.840. The molecule has 0 fully saturated rings. The number of hydrogen-bond acceptors (Lipinski definition) is 1. The fourth-order valence-electron chi connectivity index (χ4n) is 0.519. The van der Waals surface area contributed by atoms with Gasteiger partial charge >= 0.3 is 0 Å². The largest absolute Gasteiger partial charge is 0.305 e. The van der Waals surface area contributed by atoms with E-state index >= 15 is 0 Å². The molecule has 0 amide bonds. The Labute approximate surface area is 72.9 Å². The van der Waals surface area contributed by atoms with Crippen LogP contribution in [0.5, 0.6) is 0 Å². The van der Waals surface area contributed by atoms with Crippen LogP contribution in [0, 0.1) is 3.70 Å². The first-order valence-electron chi connectivity index (χ1n) is 2.84. The summed E-state index contributed by atoms with van der Waals surface area (Å²) in [4.78, 5) is 4.06. The lowest BCUT2D eigenvalue weighted by atomic mass is 10.7. The van der Waals surface area contributed by atoms with Crippen molar-refractivity contribution in [3.8, 4) is 0 Å². The van der Waals surface area contributed by atoms with Crippen LogP contribution in [-0.2, 0) is 7.05 Å². The van der Waals surface area contributed by atoms with E-state index < -0.39 is 0 Å². The minimum Gasteiger partial charge on any atom is -0.305 e. The van der Waals surface area contributed by atoms with Gasteiger partial charge in [0.05, 0.1) is 0 Å². The van der Waals surface area contributed by atoms with Crippen LogP contribution in [-0.4, -0.2) is 14.8 Å². The standard InChI is InChI=1S/C6H8IN3/c1-10-5-2-6(7)8-3-4-9-10/h2-5,9H,1H3. The van der Waals surface area contributed by atoms with Gasteiger partial charge in [-0.1, -0.05) is 0 Å². The molecule has 1 N–H and O–H groups in total. The predicted octanol–water partition coefficient (Wildman–Crippen LogP) is 1.48. The molecule has 1 rings (SSSR count). The third-order valence-electron chi connectivity index (χ3n) is 0.986. The van der Waals surface area contributed by atoms with Crippen molar-refractivity contribution in [1.29, 1.82) is 0 Å². The predicted molar refractivity (Wildman–Crippen MR) is 47.9 cm³/mol. The highest BCUT2D eigenvalue weighted by Crippen LogP contribution is 1.92. The van der Waals surface area contributed by atoms with Crippen LogP contribution in [0.3, 0.4) is 0 Å². The Bertz CT molecular complexity index is 223. The average molecular weight is 249 g/mol. The number of rotatable bonds is 0. The topological polar surface area (TPSA) is 33.6 Å². The highest BCUT2D eigenvalue weighted by molar-refractivity contribution is 14.1. The number of hydrogen-bond donors (Lipinski definition) is 1. The monoisotopic (exact) mass is 249 g/mol. The van der Waals surface area contributed by atoms with Crippen molar-refractivity contribution in [2.45, 2.75) is 0 Å². The molecule has 0 aromatic carbocycles. The zero-order valence-corrected chi connectivity index (χ0v) is 7.74. The van der Waals surface area contributed by atoms with Gasteiger partial charge in [-0.2, -0.15) is 0 Å². The first kappa shape index (κ1) is 7.59. The summed E-state index contributed by atoms with van der Waals surface area (Å²) >= 11 is 2.17. The van der Waals surface area contributed by atoms with E-state index in [1.54, 1.807) is 12.4 Å². The molecule has 0 saturated carbocycles. The number of nitrogens with one attached hydrogen (secondary N) is 1. The number of H-pyrrole nitrogens is 1. The third kappa shape index (κ3) is 2.38. The zero-order valence-electron chi connectivity index (χ0n) is 5.58. The summed E-state index contributed by atoms with van der Waals surface area (Å²) in [5.74, 6) is 0. The average Bonchev–Trinajstić information content (AvgIpc) is 1.90. The lowest BCUT2D eigenvalue weighted by Crippen LogP contribution is -1.91. The maximum atomic E-state index is 4.06. The second-order valence-corrected chi connectivity index (χ2v) is 2.93. The van der Waals surface area contributed by atoms with Crippen molar-refractivity contribution in [2.24, 2.45) is 7.05 Å². The van der Waals surface area contributed by atoms with Gasteiger partial charge in [0.15, 0.2) is 0 Å². The molecule has 0 bridgehead atoms. The summed E-state index contributed by atoms with van der Waals surface area (Å²) in [7, 11) is 1.93. The van der Waals surface area contributed by atoms with E-state index in [2.05, 4.69) is 32.7 Å². The van der Waals surface area contributed by atoms with Gasteiger partial charge in [0, 0.05) is 25.6 Å². The van der Waals surface area contributed by atoms with Gasteiger partial charge in [-0.15, -0.1) is 0 Å². The second-order valence-electron chi connectivity index (χ2n) is 1.82. The van der Waals surface area contributed by atoms with Gasteiger partial charge in [0.1, 0.15) is 3.70 Å². The van der Waals surface area contributed by atoms with Crippen molar-refractivity contribution in [3.05, 3.63) is 28.4 Å². The molecule has 0 aliphatic heterocycles. The smallest absolute Gasteiger partial charge is 0.102 e. The minimum atomic E-state index is 0.974. The first-order valence-corrected chi connectivity index (χ1v) is 3.92. The van der Waals surface area contributed by atoms with Crippen molar-refractivity contribution in [2.75, 3.05) is 0 Å². The molecular weight excluding hydrogens is 241 g/mol. The quantitative estimate of drug-likeness (QED) is 0.694. The number of aryl methyl sites for hydroxylation is 1. The van der Waals surface area contributed by atoms with Crippen LogP contribution in [0.15, 0.2) is 24.7 Å². The van der Waals surface area contributed by atoms with E-state index in [1.165, 1.54) is 0 Å². The molecule has 1 aromatic heterocycles. The molecule has 0 unspecified atom stereocenters. The molecule has 0 atom stereocenters. The normalized spacial score (nSPS) is 9.00. The first-order chi connectivity index (χ1) is 4.79. The van der Waals surface area contributed by atoms with Crippen LogP contribution in [0.25, 0.3) is 0 Å². The Balaban J connectivity index is 3.16. The van der Waals surface area contributed by atoms with Gasteiger partial charge in [0.25, 0.3) is 0 Å². The number of nitrogens with zero attached hydrogens (tertiary/aromatic N) is 2. The van der Waals surface area contributed by atoms with Crippen molar-refractivity contribution in [1.82, 2.24) is 14.8 Å². The summed E-state index contributed by atoms with van der Waals surface area (Å²) in [5.41, 5.74) is 0. The summed E-state index contributed by atoms with van der Waals surface area (Å²) in [5, 5.41) is 2.96. The van der Waals surface area contributed by atoms with E-state index in [0.717, 1.165) is 3.70 Å². The van der Waals surface area contributed by atoms with Crippen molar-refractivity contribution in [3.63, 3.8) is 0 Å². The van der Waals surface area contributed by atoms with Crippen LogP contribution in [0.2, 0.25) is 0 Å². The molecule has 4 heteroatoms. The van der Waals surface area contributed by atoms with Crippen molar-refractivity contribution >= 4 is 22.6 Å². The molecule has 0 saturated heterocycles. The highest BCUT2D eigenvalue weighted by atomic mass is 127. The molecule has 54 valence electrons. The van der Waals surface area contributed by atoms with E-state index in [9.17, 15) is 0 Å². The SMILES string of the molecule is Cn1ccc(I)ncc[nH]1. The summed E-state index contributed by atoms with van der Waals surface area (Å²) in [6.07, 6.45) is 5.42. The summed E-state index contributed by atoms with van der Waals surface area (Å²) in [6, 6.07) is 1.93. The zero-order chi connectivity index (χ0) is 7.40. The Kier molecular flexibility index (Phi) is 2.73. The van der Waals surface area contributed by atoms with Crippen molar-refractivity contribution < 1.29 is 0 Å². The van der Waals surface area contributed by atoms with Crippen LogP contribution >= 0.6 is 22.6 Å². The van der Waals surface area contributed by atoms with Crippen LogP contribution in [0.4, 0.5) is 0 Å². The summed E-state index contributed by atoms with van der Waals surface area (Å²) < 4.78 is 2.83. The second kappa shape index (κ2) is 3.60. The molecule has 0 aliphatic rings. The molecule has 10 heavy (non-hydrogen) atoms. The van der Waals surface area contributed by atoms with E-state index in [1.807, 2.05) is 24.0 Å². The van der Waals surface area contributed by atoms with Gasteiger partial charge in [0.2, 0.25) is 0 Å². The fraction of sp³-hybridized carbons (Fsp3) is 0.167. The summed E-state index contributed by atoms with van der Waals surface area (Å²) in [6.45, 7) is 0. The lowest BCUT2D eigenvalue weighted by Gasteiger charge is -1.92. The highest BCUT2D eigenvalue weighted by Gasteiger charge is 1.76. The Morgan fingerprint density at radius 3 is 3.30 bits per heavy atom. The molecule has 1 heterocycles. The Hall–Kier alpha value is -0.520. The van der Waals surface area contributed by atoms with E-state index in [-0.39, 0.29) is 0 Å². The minimum absolute atomic E-state index is 0.974. The number of aromatic nitrogens is 3. The molecular formula is C6H8IN3. The van der Waals surface area contributed by atoms with E-state index in [0.29, 0.717) is 0 Å². The van der Waals surface area contributed by atoms with Gasteiger partial charge in [-0.05, 0) is 28.7 Å². The Morgan fingerprint density at radius 1 is 1.70 bits per heavy atom. The molecule has 0 aliphatic carbocycles. The molecule has 3 nitrogen and oxygen atoms in total. The number of aromatic amines is 1. The molecule has 1 aromatic rings. The maximum Gasteiger partial charge on any atom is 0.102 e. The lowest BCUT2D eigenvalue weighted by molar-refractivity contribution is 0.741. The molecule has 0 radical (unpaired) electrons. The van der Waals surface area contributed by atoms with Gasteiger partial charge in [-0.3, -0.25) is 4.68 Å².